The van der Waals surface area contributed by atoms with Gasteiger partial charge in [0, 0.05) is 11.8 Å². The summed E-state index contributed by atoms with van der Waals surface area (Å²) < 4.78 is 1.89. The summed E-state index contributed by atoms with van der Waals surface area (Å²) in [4.78, 5) is 15.4. The van der Waals surface area contributed by atoms with E-state index in [1.807, 2.05) is 30.0 Å². The summed E-state index contributed by atoms with van der Waals surface area (Å²) in [7, 11) is 1.97. The first-order valence-corrected chi connectivity index (χ1v) is 9.09. The number of nitrogen functional groups attached to an aromatic ring is 1. The van der Waals surface area contributed by atoms with Crippen molar-refractivity contribution >= 4 is 27.8 Å². The fourth-order valence-corrected chi connectivity index (χ4v) is 3.01. The van der Waals surface area contributed by atoms with Crippen LogP contribution in [0.2, 0.25) is 0 Å². The smallest absolute Gasteiger partial charge is 0.152 e. The van der Waals surface area contributed by atoms with Crippen molar-refractivity contribution in [3.63, 3.8) is 0 Å². The van der Waals surface area contributed by atoms with Crippen molar-refractivity contribution in [2.75, 3.05) is 25.9 Å². The Morgan fingerprint density at radius 1 is 1.16 bits per heavy atom. The first-order valence-electron chi connectivity index (χ1n) is 9.09. The van der Waals surface area contributed by atoms with Crippen molar-refractivity contribution in [1.82, 2.24) is 20.0 Å². The number of para-hydroxylation sites is 1. The molecule has 0 fully saturated rings. The van der Waals surface area contributed by atoms with Crippen LogP contribution in [0.3, 0.4) is 0 Å². The van der Waals surface area contributed by atoms with Gasteiger partial charge in [-0.25, -0.2) is 9.97 Å². The van der Waals surface area contributed by atoms with E-state index >= 15 is 0 Å². The molecule has 0 aliphatic rings. The molecule has 0 amide bonds. The van der Waals surface area contributed by atoms with E-state index < -0.39 is 0 Å². The van der Waals surface area contributed by atoms with E-state index in [4.69, 9.17) is 15.6 Å². The number of unbranched alkanes of at least 4 members (excludes halogenated alkanes) is 2. The third-order valence-electron chi connectivity index (χ3n) is 4.34. The van der Waals surface area contributed by atoms with Crippen LogP contribution in [0.15, 0.2) is 24.3 Å². The Balaban J connectivity index is 2.02. The molecular weight excluding hydrogens is 314 g/mol. The number of imidazole rings is 1. The van der Waals surface area contributed by atoms with E-state index in [-0.39, 0.29) is 0 Å². The Morgan fingerprint density at radius 3 is 2.80 bits per heavy atom. The fourth-order valence-electron chi connectivity index (χ4n) is 3.01. The standard InChI is InChI=1S/C19H27N5O/c1-3-4-11-16-23-17-18(24(16)25-13-8-7-12-21-2)14-9-5-6-10-15(14)22-19(17)20/h5-6,9-10,21H,3-4,7-8,11-13H2,1-2H3,(H2,20,22). The van der Waals surface area contributed by atoms with Crippen LogP contribution >= 0.6 is 0 Å². The minimum atomic E-state index is 0.462. The Bertz CT molecular complexity index is 843. The van der Waals surface area contributed by atoms with Crippen LogP contribution in [-0.2, 0) is 6.42 Å². The number of nitrogens with two attached hydrogens (primary N) is 1. The predicted octanol–water partition coefficient (Wildman–Crippen LogP) is 2.94. The van der Waals surface area contributed by atoms with Gasteiger partial charge in [0.15, 0.2) is 5.82 Å². The van der Waals surface area contributed by atoms with Gasteiger partial charge in [0.05, 0.1) is 5.52 Å². The molecule has 134 valence electrons. The second-order valence-electron chi connectivity index (χ2n) is 6.28. The van der Waals surface area contributed by atoms with Crippen LogP contribution in [0.5, 0.6) is 0 Å². The Morgan fingerprint density at radius 2 is 2.00 bits per heavy atom. The highest BCUT2D eigenvalue weighted by Gasteiger charge is 2.18. The molecule has 0 radical (unpaired) electrons. The average molecular weight is 341 g/mol. The predicted molar refractivity (Wildman–Crippen MR) is 103 cm³/mol. The molecule has 1 aromatic carbocycles. The highest BCUT2D eigenvalue weighted by atomic mass is 16.7. The molecule has 25 heavy (non-hydrogen) atoms. The minimum Gasteiger partial charge on any atom is -0.412 e. The van der Waals surface area contributed by atoms with E-state index in [0.29, 0.717) is 12.4 Å². The lowest BCUT2D eigenvalue weighted by Crippen LogP contribution is -2.17. The van der Waals surface area contributed by atoms with Gasteiger partial charge < -0.3 is 15.9 Å². The molecule has 0 aliphatic carbocycles. The van der Waals surface area contributed by atoms with Gasteiger partial charge in [-0.15, -0.1) is 0 Å². The minimum absolute atomic E-state index is 0.462. The third kappa shape index (κ3) is 3.69. The molecule has 3 aromatic rings. The molecular formula is C19H27N5O. The van der Waals surface area contributed by atoms with Crippen LogP contribution in [0.25, 0.3) is 21.9 Å². The Labute approximate surface area is 148 Å². The fraction of sp³-hybridized carbons (Fsp3) is 0.474. The molecule has 0 atom stereocenters. The van der Waals surface area contributed by atoms with E-state index in [1.54, 1.807) is 0 Å². The number of hydrogen-bond donors (Lipinski definition) is 2. The molecule has 6 nitrogen and oxygen atoms in total. The second kappa shape index (κ2) is 8.16. The number of anilines is 1. The van der Waals surface area contributed by atoms with Gasteiger partial charge in [-0.05, 0) is 38.9 Å². The van der Waals surface area contributed by atoms with Gasteiger partial charge in [0.25, 0.3) is 0 Å². The van der Waals surface area contributed by atoms with Gasteiger partial charge >= 0.3 is 0 Å². The van der Waals surface area contributed by atoms with E-state index in [0.717, 1.165) is 66.4 Å². The highest BCUT2D eigenvalue weighted by Crippen LogP contribution is 2.28. The number of aryl methyl sites for hydroxylation is 1. The molecule has 0 bridgehead atoms. The largest absolute Gasteiger partial charge is 0.412 e. The SMILES string of the molecule is CCCCc1nc2c(N)nc3ccccc3c2n1OCCCCNC. The van der Waals surface area contributed by atoms with E-state index in [1.165, 1.54) is 0 Å². The van der Waals surface area contributed by atoms with Crippen molar-refractivity contribution < 1.29 is 4.84 Å². The zero-order valence-electron chi connectivity index (χ0n) is 15.1. The molecule has 0 aliphatic heterocycles. The summed E-state index contributed by atoms with van der Waals surface area (Å²) in [6.45, 7) is 3.83. The quantitative estimate of drug-likeness (QED) is 0.585. The van der Waals surface area contributed by atoms with E-state index in [9.17, 15) is 0 Å². The number of benzene rings is 1. The summed E-state index contributed by atoms with van der Waals surface area (Å²) in [6, 6.07) is 8.00. The zero-order chi connectivity index (χ0) is 17.6. The molecule has 3 rings (SSSR count). The molecule has 2 heterocycles. The molecule has 0 unspecified atom stereocenters. The molecule has 0 spiro atoms. The summed E-state index contributed by atoms with van der Waals surface area (Å²) in [5.74, 6) is 1.39. The van der Waals surface area contributed by atoms with Gasteiger partial charge in [-0.1, -0.05) is 31.5 Å². The lowest BCUT2D eigenvalue weighted by molar-refractivity contribution is 0.109. The van der Waals surface area contributed by atoms with Crippen molar-refractivity contribution in [3.8, 4) is 0 Å². The highest BCUT2D eigenvalue weighted by molar-refractivity contribution is 6.06. The number of nitrogens with zero attached hydrogens (tertiary/aromatic N) is 3. The molecule has 3 N–H and O–H groups in total. The van der Waals surface area contributed by atoms with Crippen molar-refractivity contribution in [1.29, 1.82) is 0 Å². The second-order valence-corrected chi connectivity index (χ2v) is 6.28. The summed E-state index contributed by atoms with van der Waals surface area (Å²) in [5, 5.41) is 4.19. The van der Waals surface area contributed by atoms with Crippen molar-refractivity contribution in [2.45, 2.75) is 39.0 Å². The van der Waals surface area contributed by atoms with Crippen LogP contribution in [0.4, 0.5) is 5.82 Å². The summed E-state index contributed by atoms with van der Waals surface area (Å²) in [6.07, 6.45) is 5.12. The summed E-state index contributed by atoms with van der Waals surface area (Å²) in [5.41, 5.74) is 8.72. The zero-order valence-corrected chi connectivity index (χ0v) is 15.1. The van der Waals surface area contributed by atoms with Gasteiger partial charge in [-0.3, -0.25) is 0 Å². The summed E-state index contributed by atoms with van der Waals surface area (Å²) >= 11 is 0. The van der Waals surface area contributed by atoms with Crippen LogP contribution in [-0.4, -0.2) is 34.9 Å². The Kier molecular flexibility index (Phi) is 5.71. The first-order chi connectivity index (χ1) is 12.3. The van der Waals surface area contributed by atoms with Crippen LogP contribution in [0.1, 0.15) is 38.4 Å². The van der Waals surface area contributed by atoms with Gasteiger partial charge in [0.2, 0.25) is 0 Å². The molecule has 6 heteroatoms. The number of nitrogens with one attached hydrogen (secondary N) is 1. The number of fused-ring (bicyclic) bond motifs is 3. The number of hydrogen-bond acceptors (Lipinski definition) is 5. The van der Waals surface area contributed by atoms with Crippen LogP contribution in [0, 0.1) is 0 Å². The normalized spacial score (nSPS) is 11.4. The topological polar surface area (TPSA) is 78.0 Å². The van der Waals surface area contributed by atoms with Crippen LogP contribution < -0.4 is 15.9 Å². The maximum atomic E-state index is 6.18. The van der Waals surface area contributed by atoms with Gasteiger partial charge in [0.1, 0.15) is 23.5 Å². The van der Waals surface area contributed by atoms with Crippen molar-refractivity contribution in [2.24, 2.45) is 0 Å². The van der Waals surface area contributed by atoms with Gasteiger partial charge in [-0.2, -0.15) is 4.73 Å². The maximum Gasteiger partial charge on any atom is 0.152 e. The number of aromatic nitrogens is 3. The van der Waals surface area contributed by atoms with Crippen molar-refractivity contribution in [3.05, 3.63) is 30.1 Å². The number of pyridine rings is 1. The first kappa shape index (κ1) is 17.5. The average Bonchev–Trinajstić information content (AvgIpc) is 2.99. The molecule has 2 aromatic heterocycles. The lowest BCUT2D eigenvalue weighted by atomic mass is 10.2. The molecule has 0 saturated heterocycles. The maximum absolute atomic E-state index is 6.18. The third-order valence-corrected chi connectivity index (χ3v) is 4.34. The monoisotopic (exact) mass is 341 g/mol. The lowest BCUT2D eigenvalue weighted by Gasteiger charge is -2.12. The molecule has 0 saturated carbocycles. The Hall–Kier alpha value is -2.34. The number of rotatable bonds is 9. The van der Waals surface area contributed by atoms with E-state index in [2.05, 4.69) is 23.3 Å².